The lowest BCUT2D eigenvalue weighted by atomic mass is 9.79. The van der Waals surface area contributed by atoms with E-state index in [1.54, 1.807) is 0 Å². The number of hydrogen-bond acceptors (Lipinski definition) is 2. The summed E-state index contributed by atoms with van der Waals surface area (Å²) < 4.78 is 4.09. The first kappa shape index (κ1) is 24.8. The van der Waals surface area contributed by atoms with Crippen molar-refractivity contribution >= 4 is 81.4 Å². The Hall–Kier alpha value is -1.87. The van der Waals surface area contributed by atoms with Gasteiger partial charge in [0, 0.05) is 42.2 Å². The van der Waals surface area contributed by atoms with Gasteiger partial charge in [-0.25, -0.2) is 0 Å². The summed E-state index contributed by atoms with van der Waals surface area (Å²) in [6.45, 7) is 0. The lowest BCUT2D eigenvalue weighted by Gasteiger charge is -2.37. The van der Waals surface area contributed by atoms with E-state index in [0.717, 1.165) is 46.7 Å². The molecule has 1 N–H and O–H groups in total. The number of carbonyl (C=O) groups is 1. The molecular weight excluding hydrogens is 700 g/mol. The van der Waals surface area contributed by atoms with Crippen LogP contribution in [-0.4, -0.2) is 6.29 Å². The van der Waals surface area contributed by atoms with Crippen molar-refractivity contribution in [3.63, 3.8) is 0 Å². The molecule has 0 fully saturated rings. The van der Waals surface area contributed by atoms with E-state index in [2.05, 4.69) is 118 Å². The lowest BCUT2D eigenvalue weighted by molar-refractivity contribution is -0.105. The van der Waals surface area contributed by atoms with Crippen molar-refractivity contribution in [2.24, 2.45) is 0 Å². The molecule has 1 aliphatic rings. The fraction of sp³-hybridized carbons (Fsp3) is 0.0357. The molecule has 35 heavy (non-hydrogen) atoms. The Labute approximate surface area is 237 Å². The van der Waals surface area contributed by atoms with Gasteiger partial charge in [-0.15, -0.1) is 5.43 Å². The molecule has 0 spiro atoms. The molecule has 4 aromatic carbocycles. The predicted octanol–water partition coefficient (Wildman–Crippen LogP) is 8.92. The van der Waals surface area contributed by atoms with Crippen molar-refractivity contribution in [3.8, 4) is 0 Å². The Kier molecular flexibility index (Phi) is 7.00. The molecule has 1 heterocycles. The number of nitrogens with one attached hydrogen (secondary N) is 1. The molecule has 0 aliphatic carbocycles. The monoisotopic (exact) mass is 715 g/mol. The molecule has 3 nitrogen and oxygen atoms in total. The van der Waals surface area contributed by atoms with Gasteiger partial charge in [-0.2, -0.15) is 4.59 Å². The van der Waals surface area contributed by atoms with E-state index >= 15 is 0 Å². The number of benzene rings is 4. The highest BCUT2D eigenvalue weighted by Gasteiger charge is 2.54. The molecule has 174 valence electrons. The number of quaternary nitrogens is 1. The topological polar surface area (TPSA) is 29.1 Å². The maximum atomic E-state index is 12.8. The van der Waals surface area contributed by atoms with Crippen LogP contribution < -0.4 is 10.0 Å². The van der Waals surface area contributed by atoms with Gasteiger partial charge >= 0.3 is 0 Å². The zero-order valence-corrected chi connectivity index (χ0v) is 24.6. The van der Waals surface area contributed by atoms with Crippen molar-refractivity contribution in [1.82, 2.24) is 10.0 Å². The van der Waals surface area contributed by atoms with Gasteiger partial charge < -0.3 is 0 Å². The SMILES string of the molecule is O=CC1=C[N+](c2ccc(Br)cc2)(c2ccc(Br)cc2)NC1(c1ccc(Br)cc1)c1ccc(Br)cc1. The van der Waals surface area contributed by atoms with Gasteiger partial charge in [-0.05, 0) is 59.7 Å². The number of halogens is 4. The highest BCUT2D eigenvalue weighted by Crippen LogP contribution is 2.48. The molecule has 5 rings (SSSR count). The van der Waals surface area contributed by atoms with Crippen LogP contribution in [-0.2, 0) is 10.3 Å². The molecule has 0 unspecified atom stereocenters. The molecule has 0 aromatic heterocycles. The quantitative estimate of drug-likeness (QED) is 0.165. The second kappa shape index (κ2) is 9.88. The van der Waals surface area contributed by atoms with Crippen LogP contribution in [0.2, 0.25) is 0 Å². The average molecular weight is 719 g/mol. The molecular formula is C28H19Br4N2O+. The third-order valence-corrected chi connectivity index (χ3v) is 8.37. The van der Waals surface area contributed by atoms with Crippen LogP contribution in [0, 0.1) is 0 Å². The van der Waals surface area contributed by atoms with Crippen LogP contribution in [0.25, 0.3) is 0 Å². The molecule has 0 amide bonds. The van der Waals surface area contributed by atoms with E-state index in [9.17, 15) is 4.79 Å². The van der Waals surface area contributed by atoms with Crippen LogP contribution in [0.4, 0.5) is 11.4 Å². The Balaban J connectivity index is 1.82. The third kappa shape index (κ3) is 4.43. The van der Waals surface area contributed by atoms with Gasteiger partial charge in [-0.1, -0.05) is 88.0 Å². The second-order valence-electron chi connectivity index (χ2n) is 8.25. The highest BCUT2D eigenvalue weighted by atomic mass is 79.9. The number of hydrogen-bond donors (Lipinski definition) is 1. The fourth-order valence-corrected chi connectivity index (χ4v) is 5.65. The standard InChI is InChI=1S/C28H19Br4N2O/c29-22-5-1-19(2-6-22)28(20-3-7-23(30)8-4-20)21(18-35)17-34(33-28,26-13-9-24(31)10-14-26)27-15-11-25(32)12-16-27/h1-18,33H/q+1. The van der Waals surface area contributed by atoms with Crippen LogP contribution in [0.15, 0.2) is 127 Å². The Bertz CT molecular complexity index is 1310. The van der Waals surface area contributed by atoms with E-state index in [4.69, 9.17) is 0 Å². The summed E-state index contributed by atoms with van der Waals surface area (Å²) in [7, 11) is 0. The van der Waals surface area contributed by atoms with Crippen LogP contribution in [0.1, 0.15) is 11.1 Å². The molecule has 0 saturated carbocycles. The minimum atomic E-state index is -0.886. The van der Waals surface area contributed by atoms with Crippen molar-refractivity contribution in [2.45, 2.75) is 5.54 Å². The number of aldehydes is 1. The van der Waals surface area contributed by atoms with Crippen LogP contribution >= 0.6 is 63.7 Å². The zero-order valence-electron chi connectivity index (χ0n) is 18.3. The maximum absolute atomic E-state index is 12.8. The summed E-state index contributed by atoms with van der Waals surface area (Å²) in [6, 6.07) is 32.6. The Morgan fingerprint density at radius 1 is 0.571 bits per heavy atom. The minimum Gasteiger partial charge on any atom is -0.298 e. The van der Waals surface area contributed by atoms with Gasteiger partial charge in [0.2, 0.25) is 0 Å². The van der Waals surface area contributed by atoms with Crippen LogP contribution in [0.3, 0.4) is 0 Å². The highest BCUT2D eigenvalue weighted by molar-refractivity contribution is 9.11. The molecule has 0 bridgehead atoms. The van der Waals surface area contributed by atoms with Crippen molar-refractivity contribution in [2.75, 3.05) is 0 Å². The lowest BCUT2D eigenvalue weighted by Crippen LogP contribution is -2.56. The van der Waals surface area contributed by atoms with Gasteiger partial charge in [0.25, 0.3) is 0 Å². The maximum Gasteiger partial charge on any atom is 0.162 e. The zero-order chi connectivity index (χ0) is 24.6. The first-order valence-corrected chi connectivity index (χ1v) is 14.0. The number of nitrogens with zero attached hydrogens (tertiary/aromatic N) is 1. The first-order chi connectivity index (χ1) is 16.9. The second-order valence-corrected chi connectivity index (χ2v) is 11.9. The number of rotatable bonds is 5. The van der Waals surface area contributed by atoms with E-state index in [1.807, 2.05) is 54.7 Å². The Morgan fingerprint density at radius 2 is 0.914 bits per heavy atom. The summed E-state index contributed by atoms with van der Waals surface area (Å²) in [6.07, 6.45) is 2.98. The average Bonchev–Trinajstić information content (AvgIpc) is 3.23. The summed E-state index contributed by atoms with van der Waals surface area (Å²) >= 11 is 14.2. The number of carbonyl (C=O) groups excluding carboxylic acids is 1. The van der Waals surface area contributed by atoms with Crippen LogP contribution in [0.5, 0.6) is 0 Å². The summed E-state index contributed by atoms with van der Waals surface area (Å²) in [5.41, 5.74) is 7.55. The predicted molar refractivity (Wildman–Crippen MR) is 156 cm³/mol. The summed E-state index contributed by atoms with van der Waals surface area (Å²) in [4.78, 5) is 12.8. The van der Waals surface area contributed by atoms with Gasteiger partial charge in [0.05, 0.1) is 5.57 Å². The molecule has 4 aromatic rings. The minimum absolute atomic E-state index is 0.167. The van der Waals surface area contributed by atoms with Crippen molar-refractivity contribution < 1.29 is 4.79 Å². The first-order valence-electron chi connectivity index (χ1n) is 10.8. The molecule has 7 heteroatoms. The molecule has 0 atom stereocenters. The normalized spacial score (nSPS) is 16.1. The summed E-state index contributed by atoms with van der Waals surface area (Å²) in [5, 5.41) is 0. The van der Waals surface area contributed by atoms with Gasteiger partial charge in [0.1, 0.15) is 6.20 Å². The van der Waals surface area contributed by atoms with Crippen molar-refractivity contribution in [1.29, 1.82) is 0 Å². The van der Waals surface area contributed by atoms with Gasteiger partial charge in [0.15, 0.2) is 23.2 Å². The smallest absolute Gasteiger partial charge is 0.162 e. The molecule has 0 radical (unpaired) electrons. The van der Waals surface area contributed by atoms with Crippen molar-refractivity contribution in [3.05, 3.63) is 138 Å². The third-order valence-electron chi connectivity index (χ3n) is 6.26. The fourth-order valence-electron chi connectivity index (χ4n) is 4.59. The van der Waals surface area contributed by atoms with E-state index in [0.29, 0.717) is 5.57 Å². The van der Waals surface area contributed by atoms with E-state index in [-0.39, 0.29) is 4.59 Å². The summed E-state index contributed by atoms with van der Waals surface area (Å²) in [5.74, 6) is 0. The molecule has 0 saturated heterocycles. The van der Waals surface area contributed by atoms with E-state index < -0.39 is 5.54 Å². The molecule has 1 aliphatic heterocycles. The Morgan fingerprint density at radius 3 is 1.26 bits per heavy atom. The van der Waals surface area contributed by atoms with Gasteiger partial charge in [-0.3, -0.25) is 4.79 Å². The largest absolute Gasteiger partial charge is 0.298 e. The van der Waals surface area contributed by atoms with E-state index in [1.165, 1.54) is 0 Å².